The molecular weight excluding hydrogens is 333 g/mol. The second-order valence-corrected chi connectivity index (χ2v) is 5.80. The molecule has 120 valence electrons. The largest absolute Gasteiger partial charge is 0.334 e. The molecule has 1 N–H and O–H groups in total. The fourth-order valence-electron chi connectivity index (χ4n) is 1.98. The first-order valence-electron chi connectivity index (χ1n) is 6.96. The maximum Gasteiger partial charge on any atom is 0.257 e. The first kappa shape index (κ1) is 17.3. The van der Waals surface area contributed by atoms with Crippen molar-refractivity contribution in [3.8, 4) is 0 Å². The van der Waals surface area contributed by atoms with Crippen LogP contribution in [0.2, 0.25) is 10.0 Å². The Bertz CT molecular complexity index is 742. The van der Waals surface area contributed by atoms with Gasteiger partial charge >= 0.3 is 0 Å². The van der Waals surface area contributed by atoms with Crippen LogP contribution >= 0.6 is 23.2 Å². The van der Waals surface area contributed by atoms with E-state index in [-0.39, 0.29) is 5.91 Å². The lowest BCUT2D eigenvalue weighted by molar-refractivity contribution is 0.102. The number of amidine groups is 1. The Hall–Kier alpha value is -2.04. The minimum absolute atomic E-state index is 0.279. The molecule has 0 bridgehead atoms. The molecule has 0 aliphatic rings. The molecule has 2 rings (SSSR count). The molecule has 2 aromatic rings. The van der Waals surface area contributed by atoms with E-state index in [1.807, 2.05) is 43.1 Å². The molecule has 0 aromatic heterocycles. The number of halogens is 2. The van der Waals surface area contributed by atoms with Crippen molar-refractivity contribution in [2.24, 2.45) is 4.99 Å². The zero-order valence-corrected chi connectivity index (χ0v) is 14.6. The zero-order chi connectivity index (χ0) is 17.0. The summed E-state index contributed by atoms with van der Waals surface area (Å²) in [5.41, 5.74) is 2.05. The Kier molecular flexibility index (Phi) is 5.64. The third-order valence-electron chi connectivity index (χ3n) is 3.50. The molecular formula is C17H17Cl2N3O. The summed E-state index contributed by atoms with van der Waals surface area (Å²) in [4.78, 5) is 18.4. The number of carbonyl (C=O) groups is 1. The Morgan fingerprint density at radius 1 is 1.13 bits per heavy atom. The molecule has 0 heterocycles. The van der Waals surface area contributed by atoms with Gasteiger partial charge < -0.3 is 10.2 Å². The molecule has 0 radical (unpaired) electrons. The number of hydrogen-bond acceptors (Lipinski definition) is 2. The van der Waals surface area contributed by atoms with Gasteiger partial charge in [0.15, 0.2) is 0 Å². The molecule has 1 amide bonds. The number of aliphatic imine (C=N–C) groups is 1. The Morgan fingerprint density at radius 3 is 2.35 bits per heavy atom. The Morgan fingerprint density at radius 2 is 1.78 bits per heavy atom. The first-order valence-corrected chi connectivity index (χ1v) is 7.71. The Balaban J connectivity index is 2.13. The van der Waals surface area contributed by atoms with Crippen LogP contribution in [0.4, 0.5) is 11.4 Å². The number of nitrogens with one attached hydrogen (secondary N) is 1. The smallest absolute Gasteiger partial charge is 0.257 e. The van der Waals surface area contributed by atoms with Crippen LogP contribution in [0.1, 0.15) is 17.3 Å². The van der Waals surface area contributed by atoms with Crippen molar-refractivity contribution < 1.29 is 4.79 Å². The SMILES string of the molecule is CN=C(C)N(C)c1ccc(NC(=O)c2ccc(Cl)cc2Cl)cc1. The lowest BCUT2D eigenvalue weighted by Crippen LogP contribution is -2.23. The van der Waals surface area contributed by atoms with Gasteiger partial charge in [-0.25, -0.2) is 0 Å². The molecule has 2 aromatic carbocycles. The van der Waals surface area contributed by atoms with Crippen molar-refractivity contribution in [2.45, 2.75) is 6.92 Å². The summed E-state index contributed by atoms with van der Waals surface area (Å²) < 4.78 is 0. The molecule has 0 spiro atoms. The quantitative estimate of drug-likeness (QED) is 0.642. The number of anilines is 2. The van der Waals surface area contributed by atoms with Gasteiger partial charge in [-0.3, -0.25) is 9.79 Å². The minimum Gasteiger partial charge on any atom is -0.334 e. The topological polar surface area (TPSA) is 44.7 Å². The normalized spacial score (nSPS) is 11.3. The third-order valence-corrected chi connectivity index (χ3v) is 4.05. The average Bonchev–Trinajstić information content (AvgIpc) is 2.54. The summed E-state index contributed by atoms with van der Waals surface area (Å²) >= 11 is 11.9. The van der Waals surface area contributed by atoms with Crippen molar-refractivity contribution in [2.75, 3.05) is 24.3 Å². The monoisotopic (exact) mass is 349 g/mol. The predicted molar refractivity (Wildman–Crippen MR) is 98.3 cm³/mol. The molecule has 0 saturated carbocycles. The van der Waals surface area contributed by atoms with E-state index in [9.17, 15) is 4.79 Å². The molecule has 0 aliphatic heterocycles. The second kappa shape index (κ2) is 7.49. The maximum absolute atomic E-state index is 12.3. The van der Waals surface area contributed by atoms with Crippen LogP contribution in [0.15, 0.2) is 47.5 Å². The average molecular weight is 350 g/mol. The number of carbonyl (C=O) groups excluding carboxylic acids is 1. The van der Waals surface area contributed by atoms with Crippen molar-refractivity contribution in [1.29, 1.82) is 0 Å². The van der Waals surface area contributed by atoms with Crippen molar-refractivity contribution in [3.63, 3.8) is 0 Å². The summed E-state index contributed by atoms with van der Waals surface area (Å²) in [5.74, 6) is 0.619. The zero-order valence-electron chi connectivity index (χ0n) is 13.1. The van der Waals surface area contributed by atoms with Crippen LogP contribution in [0.5, 0.6) is 0 Å². The standard InChI is InChI=1S/C17H17Cl2N3O/c1-11(20-2)22(3)14-7-5-13(6-8-14)21-17(23)15-9-4-12(18)10-16(15)19/h4-10H,1-3H3,(H,21,23). The van der Waals surface area contributed by atoms with Gasteiger partial charge in [-0.05, 0) is 49.4 Å². The van der Waals surface area contributed by atoms with Gasteiger partial charge in [0.25, 0.3) is 5.91 Å². The Labute approximate surface area is 145 Å². The highest BCUT2D eigenvalue weighted by Crippen LogP contribution is 2.23. The van der Waals surface area contributed by atoms with E-state index in [0.29, 0.717) is 21.3 Å². The third kappa shape index (κ3) is 4.24. The molecule has 0 unspecified atom stereocenters. The van der Waals surface area contributed by atoms with Gasteiger partial charge in [0.1, 0.15) is 0 Å². The van der Waals surface area contributed by atoms with Gasteiger partial charge in [-0.2, -0.15) is 0 Å². The van der Waals surface area contributed by atoms with E-state index in [1.54, 1.807) is 25.2 Å². The number of benzene rings is 2. The van der Waals surface area contributed by atoms with Crippen molar-refractivity contribution >= 4 is 46.3 Å². The fourth-order valence-corrected chi connectivity index (χ4v) is 2.47. The van der Waals surface area contributed by atoms with Crippen LogP contribution < -0.4 is 10.2 Å². The summed E-state index contributed by atoms with van der Waals surface area (Å²) in [6.07, 6.45) is 0. The highest BCUT2D eigenvalue weighted by Gasteiger charge is 2.11. The molecule has 0 aliphatic carbocycles. The van der Waals surface area contributed by atoms with E-state index in [4.69, 9.17) is 23.2 Å². The van der Waals surface area contributed by atoms with Gasteiger partial charge in [-0.15, -0.1) is 0 Å². The van der Waals surface area contributed by atoms with Gasteiger partial charge in [0.2, 0.25) is 0 Å². The summed E-state index contributed by atoms with van der Waals surface area (Å²) in [5, 5.41) is 3.63. The highest BCUT2D eigenvalue weighted by atomic mass is 35.5. The van der Waals surface area contributed by atoms with E-state index in [2.05, 4.69) is 10.3 Å². The van der Waals surface area contributed by atoms with Crippen molar-refractivity contribution in [1.82, 2.24) is 0 Å². The lowest BCUT2D eigenvalue weighted by atomic mass is 10.2. The number of amides is 1. The van der Waals surface area contributed by atoms with E-state index in [0.717, 1.165) is 11.5 Å². The van der Waals surface area contributed by atoms with Crippen LogP contribution in [0.3, 0.4) is 0 Å². The molecule has 0 fully saturated rings. The molecule has 0 saturated heterocycles. The van der Waals surface area contributed by atoms with E-state index >= 15 is 0 Å². The van der Waals surface area contributed by atoms with E-state index in [1.165, 1.54) is 0 Å². The van der Waals surface area contributed by atoms with Gasteiger partial charge in [0.05, 0.1) is 16.4 Å². The highest BCUT2D eigenvalue weighted by molar-refractivity contribution is 6.37. The number of nitrogens with zero attached hydrogens (tertiary/aromatic N) is 2. The minimum atomic E-state index is -0.279. The van der Waals surface area contributed by atoms with Gasteiger partial charge in [-0.1, -0.05) is 23.2 Å². The van der Waals surface area contributed by atoms with Crippen LogP contribution in [-0.4, -0.2) is 25.8 Å². The molecule has 4 nitrogen and oxygen atoms in total. The molecule has 6 heteroatoms. The van der Waals surface area contributed by atoms with Gasteiger partial charge in [0, 0.05) is 30.5 Å². The molecule has 0 atom stereocenters. The van der Waals surface area contributed by atoms with Crippen LogP contribution in [0, 0.1) is 0 Å². The second-order valence-electron chi connectivity index (χ2n) is 4.96. The van der Waals surface area contributed by atoms with Crippen LogP contribution in [0.25, 0.3) is 0 Å². The van der Waals surface area contributed by atoms with Crippen molar-refractivity contribution in [3.05, 3.63) is 58.1 Å². The number of rotatable bonds is 3. The maximum atomic E-state index is 12.3. The number of hydrogen-bond donors (Lipinski definition) is 1. The van der Waals surface area contributed by atoms with E-state index < -0.39 is 0 Å². The van der Waals surface area contributed by atoms with Crippen LogP contribution in [-0.2, 0) is 0 Å². The first-order chi connectivity index (χ1) is 10.9. The summed E-state index contributed by atoms with van der Waals surface area (Å²) in [6, 6.07) is 12.3. The fraction of sp³-hybridized carbons (Fsp3) is 0.176. The summed E-state index contributed by atoms with van der Waals surface area (Å²) in [7, 11) is 3.68. The lowest BCUT2D eigenvalue weighted by Gasteiger charge is -2.18. The predicted octanol–water partition coefficient (Wildman–Crippen LogP) is 4.73. The molecule has 23 heavy (non-hydrogen) atoms. The summed E-state index contributed by atoms with van der Waals surface area (Å²) in [6.45, 7) is 1.93.